The van der Waals surface area contributed by atoms with E-state index in [0.29, 0.717) is 0 Å². The molecule has 1 atom stereocenters. The molecule has 0 radical (unpaired) electrons. The predicted molar refractivity (Wildman–Crippen MR) is 123 cm³/mol. The maximum atomic E-state index is 13.4. The summed E-state index contributed by atoms with van der Waals surface area (Å²) in [5.74, 6) is 0.143. The second-order valence-corrected chi connectivity index (χ2v) is 9.38. The van der Waals surface area contributed by atoms with Crippen molar-refractivity contribution in [3.63, 3.8) is 0 Å². The Kier molecular flexibility index (Phi) is 4.94. The molecule has 160 valence electrons. The van der Waals surface area contributed by atoms with Gasteiger partial charge >= 0.3 is 0 Å². The minimum atomic E-state index is -0.130. The monoisotopic (exact) mass is 414 g/mol. The molecule has 0 saturated carbocycles. The summed E-state index contributed by atoms with van der Waals surface area (Å²) in [7, 11) is 2.18. The number of rotatable bonds is 2. The van der Waals surface area contributed by atoms with Gasteiger partial charge in [-0.05, 0) is 45.9 Å². The second kappa shape index (κ2) is 7.65. The van der Waals surface area contributed by atoms with Gasteiger partial charge in [0.05, 0.1) is 23.3 Å². The molecule has 2 aliphatic rings. The summed E-state index contributed by atoms with van der Waals surface area (Å²) in [5, 5.41) is 0. The number of fused-ring (bicyclic) bond motifs is 2. The van der Waals surface area contributed by atoms with E-state index in [1.54, 1.807) is 0 Å². The number of imidazole rings is 1. The van der Waals surface area contributed by atoms with E-state index in [2.05, 4.69) is 65.6 Å². The fraction of sp³-hybridized carbons (Fsp3) is 0.385. The van der Waals surface area contributed by atoms with Crippen molar-refractivity contribution in [1.82, 2.24) is 19.4 Å². The number of amides is 1. The quantitative estimate of drug-likeness (QED) is 0.630. The maximum absolute atomic E-state index is 13.4. The lowest BCUT2D eigenvalue weighted by atomic mass is 9.85. The molecule has 2 aliphatic heterocycles. The molecule has 0 aliphatic carbocycles. The first kappa shape index (κ1) is 20.0. The maximum Gasteiger partial charge on any atom is 0.253 e. The van der Waals surface area contributed by atoms with Gasteiger partial charge in [-0.15, -0.1) is 0 Å². The zero-order chi connectivity index (χ0) is 21.6. The molecule has 5 heteroatoms. The molecule has 0 bridgehead atoms. The lowest BCUT2D eigenvalue weighted by Gasteiger charge is -2.49. The number of aryl methyl sites for hydroxylation is 2. The fourth-order valence-corrected chi connectivity index (χ4v) is 5.55. The number of benzene rings is 2. The first-order valence-electron chi connectivity index (χ1n) is 11.1. The number of carbonyl (C=O) groups excluding carboxylic acids is 1. The van der Waals surface area contributed by atoms with Crippen molar-refractivity contribution in [2.45, 2.75) is 38.8 Å². The summed E-state index contributed by atoms with van der Waals surface area (Å²) < 4.78 is 2.39. The van der Waals surface area contributed by atoms with Gasteiger partial charge in [0.25, 0.3) is 5.91 Å². The summed E-state index contributed by atoms with van der Waals surface area (Å²) in [5.41, 5.74) is 6.41. The van der Waals surface area contributed by atoms with Crippen molar-refractivity contribution in [2.75, 3.05) is 26.7 Å². The summed E-state index contributed by atoms with van der Waals surface area (Å²) in [6.07, 6.45) is 4.07. The minimum Gasteiger partial charge on any atom is -0.336 e. The Bertz CT molecular complexity index is 1100. The molecule has 1 spiro atoms. The van der Waals surface area contributed by atoms with Gasteiger partial charge in [0.15, 0.2) is 0 Å². The third kappa shape index (κ3) is 3.57. The van der Waals surface area contributed by atoms with Crippen LogP contribution in [0.3, 0.4) is 0 Å². The van der Waals surface area contributed by atoms with Crippen LogP contribution in [-0.4, -0.2) is 51.9 Å². The highest BCUT2D eigenvalue weighted by Crippen LogP contribution is 2.38. The van der Waals surface area contributed by atoms with E-state index in [-0.39, 0.29) is 11.4 Å². The summed E-state index contributed by atoms with van der Waals surface area (Å²) >= 11 is 0. The fourth-order valence-electron chi connectivity index (χ4n) is 5.55. The molecule has 2 aromatic carbocycles. The Morgan fingerprint density at radius 3 is 2.52 bits per heavy atom. The molecule has 0 N–H and O–H groups in total. The van der Waals surface area contributed by atoms with Gasteiger partial charge in [-0.2, -0.15) is 0 Å². The first-order valence-corrected chi connectivity index (χ1v) is 11.1. The number of piperidine rings is 1. The van der Waals surface area contributed by atoms with E-state index in [1.807, 2.05) is 24.5 Å². The van der Waals surface area contributed by atoms with Gasteiger partial charge in [0.2, 0.25) is 0 Å². The molecule has 3 heterocycles. The van der Waals surface area contributed by atoms with Crippen LogP contribution in [0, 0.1) is 13.8 Å². The van der Waals surface area contributed by atoms with Gasteiger partial charge in [-0.25, -0.2) is 4.98 Å². The number of aromatic nitrogens is 2. The Morgan fingerprint density at radius 1 is 1.03 bits per heavy atom. The van der Waals surface area contributed by atoms with Gasteiger partial charge < -0.3 is 9.47 Å². The van der Waals surface area contributed by atoms with E-state index < -0.39 is 0 Å². The van der Waals surface area contributed by atoms with Gasteiger partial charge in [-0.3, -0.25) is 9.69 Å². The van der Waals surface area contributed by atoms with Crippen molar-refractivity contribution < 1.29 is 4.79 Å². The van der Waals surface area contributed by atoms with Crippen LogP contribution in [-0.2, 0) is 12.1 Å². The lowest BCUT2D eigenvalue weighted by Crippen LogP contribution is -2.58. The Hall–Kier alpha value is -2.92. The Balaban J connectivity index is 1.50. The van der Waals surface area contributed by atoms with E-state index >= 15 is 0 Å². The second-order valence-electron chi connectivity index (χ2n) is 9.38. The number of nitrogens with zero attached hydrogens (tertiary/aromatic N) is 4. The van der Waals surface area contributed by atoms with Crippen LogP contribution in [0.15, 0.2) is 54.9 Å². The Labute approximate surface area is 184 Å². The minimum absolute atomic E-state index is 0.130. The highest BCUT2D eigenvalue weighted by molar-refractivity contribution is 5.94. The van der Waals surface area contributed by atoms with Crippen molar-refractivity contribution >= 4 is 5.91 Å². The number of hydrogen-bond acceptors (Lipinski definition) is 3. The van der Waals surface area contributed by atoms with Crippen LogP contribution in [0.2, 0.25) is 0 Å². The summed E-state index contributed by atoms with van der Waals surface area (Å²) in [6.45, 7) is 7.45. The summed E-state index contributed by atoms with van der Waals surface area (Å²) in [6, 6.07) is 16.6. The zero-order valence-corrected chi connectivity index (χ0v) is 18.6. The molecule has 1 amide bonds. The number of likely N-dealkylation sites (N-methyl/N-ethyl adjacent to an activating group) is 1. The number of carbonyl (C=O) groups is 1. The van der Waals surface area contributed by atoms with E-state index in [0.717, 1.165) is 67.0 Å². The number of likely N-dealkylation sites (tertiary alicyclic amines) is 1. The zero-order valence-electron chi connectivity index (χ0n) is 18.6. The molecule has 5 rings (SSSR count). The first-order chi connectivity index (χ1) is 14.9. The highest BCUT2D eigenvalue weighted by Gasteiger charge is 2.44. The average molecular weight is 415 g/mol. The molecule has 0 unspecified atom stereocenters. The van der Waals surface area contributed by atoms with Crippen LogP contribution < -0.4 is 0 Å². The van der Waals surface area contributed by atoms with Crippen molar-refractivity contribution in [3.8, 4) is 11.3 Å². The van der Waals surface area contributed by atoms with Crippen LogP contribution in [0.5, 0.6) is 0 Å². The highest BCUT2D eigenvalue weighted by atomic mass is 16.2. The van der Waals surface area contributed by atoms with Crippen LogP contribution in [0.1, 0.15) is 40.0 Å². The van der Waals surface area contributed by atoms with E-state index in [9.17, 15) is 4.79 Å². The molecule has 1 saturated heterocycles. The molecule has 1 fully saturated rings. The lowest BCUT2D eigenvalue weighted by molar-refractivity contribution is 0.0324. The smallest absolute Gasteiger partial charge is 0.253 e. The van der Waals surface area contributed by atoms with E-state index in [4.69, 9.17) is 4.98 Å². The molecule has 31 heavy (non-hydrogen) atoms. The molecular weight excluding hydrogens is 384 g/mol. The van der Waals surface area contributed by atoms with Gasteiger partial charge in [0, 0.05) is 37.3 Å². The van der Waals surface area contributed by atoms with Crippen LogP contribution >= 0.6 is 0 Å². The molecular formula is C26H30N4O. The van der Waals surface area contributed by atoms with Crippen LogP contribution in [0.4, 0.5) is 0 Å². The van der Waals surface area contributed by atoms with Crippen molar-refractivity contribution in [1.29, 1.82) is 0 Å². The normalized spacial score (nSPS) is 21.3. The number of hydrogen-bond donors (Lipinski definition) is 0. The summed E-state index contributed by atoms with van der Waals surface area (Å²) in [4.78, 5) is 22.7. The SMILES string of the molecule is Cc1cc(C)cc(C(=O)N2CCC[C@]3(CN(C)Cc4c(-c5ccccc5)ncn43)C2)c1. The Morgan fingerprint density at radius 2 is 1.77 bits per heavy atom. The average Bonchev–Trinajstić information content (AvgIpc) is 3.18. The van der Waals surface area contributed by atoms with Crippen LogP contribution in [0.25, 0.3) is 11.3 Å². The largest absolute Gasteiger partial charge is 0.336 e. The molecule has 3 aromatic rings. The van der Waals surface area contributed by atoms with E-state index in [1.165, 1.54) is 5.69 Å². The predicted octanol–water partition coefficient (Wildman–Crippen LogP) is 4.24. The topological polar surface area (TPSA) is 41.4 Å². The van der Waals surface area contributed by atoms with Gasteiger partial charge in [-0.1, -0.05) is 47.5 Å². The standard InChI is InChI=1S/C26H30N4O/c1-19-12-20(2)14-22(13-19)25(31)29-11-7-10-26(17-29)16-28(3)15-23-24(27-18-30(23)26)21-8-5-4-6-9-21/h4-6,8-9,12-14,18H,7,10-11,15-17H2,1-3H3/t26-/m0/s1. The molecule has 1 aromatic heterocycles. The third-order valence-electron chi connectivity index (χ3n) is 6.72. The van der Waals surface area contributed by atoms with Crippen molar-refractivity contribution in [3.05, 3.63) is 77.2 Å². The molecule has 5 nitrogen and oxygen atoms in total. The third-order valence-corrected chi connectivity index (χ3v) is 6.72. The van der Waals surface area contributed by atoms with Crippen molar-refractivity contribution in [2.24, 2.45) is 0 Å². The van der Waals surface area contributed by atoms with Gasteiger partial charge in [0.1, 0.15) is 0 Å².